The average Bonchev–Trinajstić information content (AvgIpc) is 2.48. The van der Waals surface area contributed by atoms with Crippen molar-refractivity contribution in [1.82, 2.24) is 0 Å². The number of hydrogen-bond donors (Lipinski definition) is 2. The molecule has 22 heavy (non-hydrogen) atoms. The van der Waals surface area contributed by atoms with Crippen LogP contribution in [-0.4, -0.2) is 24.3 Å². The van der Waals surface area contributed by atoms with Crippen LogP contribution in [0.15, 0.2) is 42.5 Å². The van der Waals surface area contributed by atoms with Gasteiger partial charge in [0.2, 0.25) is 0 Å². The SMILES string of the molecule is Cc1cccc(OCCCOc2ccc(C(=O)O)cc2N)c1. The molecule has 0 saturated heterocycles. The highest BCUT2D eigenvalue weighted by Crippen LogP contribution is 2.22. The fourth-order valence-corrected chi connectivity index (χ4v) is 1.95. The van der Waals surface area contributed by atoms with E-state index in [-0.39, 0.29) is 5.56 Å². The number of ether oxygens (including phenoxy) is 2. The number of nitrogens with two attached hydrogens (primary N) is 1. The molecule has 0 saturated carbocycles. The summed E-state index contributed by atoms with van der Waals surface area (Å²) in [6.07, 6.45) is 0.702. The van der Waals surface area contributed by atoms with Crippen molar-refractivity contribution in [3.05, 3.63) is 53.6 Å². The minimum Gasteiger partial charge on any atom is -0.493 e. The molecule has 116 valence electrons. The third kappa shape index (κ3) is 4.41. The van der Waals surface area contributed by atoms with Gasteiger partial charge in [-0.2, -0.15) is 0 Å². The zero-order valence-electron chi connectivity index (χ0n) is 12.4. The van der Waals surface area contributed by atoms with E-state index in [1.807, 2.05) is 31.2 Å². The molecule has 0 radical (unpaired) electrons. The minimum atomic E-state index is -1.01. The molecule has 2 aromatic rings. The van der Waals surface area contributed by atoms with E-state index in [0.29, 0.717) is 31.1 Å². The quantitative estimate of drug-likeness (QED) is 0.606. The summed E-state index contributed by atoms with van der Waals surface area (Å²) in [5.41, 5.74) is 7.38. The van der Waals surface area contributed by atoms with E-state index in [1.54, 1.807) is 6.07 Å². The van der Waals surface area contributed by atoms with Crippen LogP contribution in [0.4, 0.5) is 5.69 Å². The summed E-state index contributed by atoms with van der Waals surface area (Å²) in [5.74, 6) is 0.315. The van der Waals surface area contributed by atoms with Gasteiger partial charge in [0.05, 0.1) is 24.5 Å². The number of aromatic carboxylic acids is 1. The van der Waals surface area contributed by atoms with Gasteiger partial charge in [0.1, 0.15) is 11.5 Å². The largest absolute Gasteiger partial charge is 0.493 e. The first-order valence-electron chi connectivity index (χ1n) is 7.01. The predicted molar refractivity (Wildman–Crippen MR) is 84.6 cm³/mol. The van der Waals surface area contributed by atoms with Crippen LogP contribution in [0.2, 0.25) is 0 Å². The highest BCUT2D eigenvalue weighted by molar-refractivity contribution is 5.89. The van der Waals surface area contributed by atoms with E-state index >= 15 is 0 Å². The summed E-state index contributed by atoms with van der Waals surface area (Å²) >= 11 is 0. The summed E-state index contributed by atoms with van der Waals surface area (Å²) in [6, 6.07) is 12.3. The predicted octanol–water partition coefficient (Wildman–Crippen LogP) is 3.12. The zero-order valence-corrected chi connectivity index (χ0v) is 12.4. The molecule has 0 fully saturated rings. The molecule has 5 heteroatoms. The Balaban J connectivity index is 1.76. The van der Waals surface area contributed by atoms with Crippen LogP contribution in [-0.2, 0) is 0 Å². The van der Waals surface area contributed by atoms with Crippen LogP contribution in [0.5, 0.6) is 11.5 Å². The molecule has 0 heterocycles. The number of anilines is 1. The van der Waals surface area contributed by atoms with Crippen LogP contribution < -0.4 is 15.2 Å². The number of carboxylic acid groups (broad SMARTS) is 1. The Hall–Kier alpha value is -2.69. The first kappa shape index (κ1) is 15.7. The van der Waals surface area contributed by atoms with E-state index in [1.165, 1.54) is 12.1 Å². The number of aryl methyl sites for hydroxylation is 1. The maximum Gasteiger partial charge on any atom is 0.335 e. The molecule has 0 atom stereocenters. The average molecular weight is 301 g/mol. The molecule has 2 rings (SSSR count). The standard InChI is InChI=1S/C17H19NO4/c1-12-4-2-5-14(10-12)21-8-3-9-22-16-7-6-13(17(19)20)11-15(16)18/h2,4-7,10-11H,3,8-9,18H2,1H3,(H,19,20). The highest BCUT2D eigenvalue weighted by Gasteiger charge is 2.07. The second-order valence-corrected chi connectivity index (χ2v) is 4.92. The van der Waals surface area contributed by atoms with Crippen molar-refractivity contribution in [3.8, 4) is 11.5 Å². The van der Waals surface area contributed by atoms with E-state index < -0.39 is 5.97 Å². The number of hydrogen-bond acceptors (Lipinski definition) is 4. The van der Waals surface area contributed by atoms with Crippen LogP contribution in [0, 0.1) is 6.92 Å². The van der Waals surface area contributed by atoms with E-state index in [9.17, 15) is 4.79 Å². The van der Waals surface area contributed by atoms with Gasteiger partial charge in [0.15, 0.2) is 0 Å². The Morgan fingerprint density at radius 3 is 2.59 bits per heavy atom. The zero-order chi connectivity index (χ0) is 15.9. The van der Waals surface area contributed by atoms with Crippen molar-refractivity contribution >= 4 is 11.7 Å². The third-order valence-electron chi connectivity index (χ3n) is 3.06. The van der Waals surface area contributed by atoms with Gasteiger partial charge in [-0.3, -0.25) is 0 Å². The lowest BCUT2D eigenvalue weighted by Gasteiger charge is -2.10. The van der Waals surface area contributed by atoms with Gasteiger partial charge in [-0.1, -0.05) is 12.1 Å². The summed E-state index contributed by atoms with van der Waals surface area (Å²) < 4.78 is 11.2. The van der Waals surface area contributed by atoms with Crippen molar-refractivity contribution in [2.24, 2.45) is 0 Å². The number of rotatable bonds is 7. The highest BCUT2D eigenvalue weighted by atomic mass is 16.5. The van der Waals surface area contributed by atoms with Gasteiger partial charge < -0.3 is 20.3 Å². The van der Waals surface area contributed by atoms with E-state index in [0.717, 1.165) is 11.3 Å². The first-order chi connectivity index (χ1) is 10.6. The maximum absolute atomic E-state index is 10.8. The molecular formula is C17H19NO4. The number of carbonyl (C=O) groups is 1. The smallest absolute Gasteiger partial charge is 0.335 e. The second-order valence-electron chi connectivity index (χ2n) is 4.92. The second kappa shape index (κ2) is 7.36. The molecule has 0 amide bonds. The van der Waals surface area contributed by atoms with Crippen molar-refractivity contribution in [1.29, 1.82) is 0 Å². The van der Waals surface area contributed by atoms with Crippen LogP contribution in [0.25, 0.3) is 0 Å². The maximum atomic E-state index is 10.8. The Kier molecular flexibility index (Phi) is 5.25. The number of nitrogen functional groups attached to an aromatic ring is 1. The van der Waals surface area contributed by atoms with Crippen molar-refractivity contribution in [2.45, 2.75) is 13.3 Å². The van der Waals surface area contributed by atoms with Gasteiger partial charge in [-0.15, -0.1) is 0 Å². The van der Waals surface area contributed by atoms with Gasteiger partial charge in [0, 0.05) is 6.42 Å². The van der Waals surface area contributed by atoms with Gasteiger partial charge in [0.25, 0.3) is 0 Å². The molecule has 0 spiro atoms. The Bertz CT molecular complexity index is 655. The first-order valence-corrected chi connectivity index (χ1v) is 7.01. The molecule has 5 nitrogen and oxygen atoms in total. The number of carboxylic acids is 1. The molecule has 0 aromatic heterocycles. The lowest BCUT2D eigenvalue weighted by Crippen LogP contribution is -2.07. The minimum absolute atomic E-state index is 0.146. The summed E-state index contributed by atoms with van der Waals surface area (Å²) in [6.45, 7) is 3.00. The number of benzene rings is 2. The van der Waals surface area contributed by atoms with E-state index in [4.69, 9.17) is 20.3 Å². The molecule has 3 N–H and O–H groups in total. The Morgan fingerprint density at radius 2 is 1.91 bits per heavy atom. The summed E-state index contributed by atoms with van der Waals surface area (Å²) in [5, 5.41) is 8.86. The molecular weight excluding hydrogens is 282 g/mol. The van der Waals surface area contributed by atoms with E-state index in [2.05, 4.69) is 0 Å². The fourth-order valence-electron chi connectivity index (χ4n) is 1.95. The molecule has 2 aromatic carbocycles. The topological polar surface area (TPSA) is 81.8 Å². The fraction of sp³-hybridized carbons (Fsp3) is 0.235. The van der Waals surface area contributed by atoms with Gasteiger partial charge in [-0.05, 0) is 42.8 Å². The molecule has 0 aliphatic rings. The molecule has 0 aliphatic carbocycles. The molecule has 0 aliphatic heterocycles. The Morgan fingerprint density at radius 1 is 1.14 bits per heavy atom. The van der Waals surface area contributed by atoms with Crippen molar-refractivity contribution < 1.29 is 19.4 Å². The van der Waals surface area contributed by atoms with Crippen LogP contribution in [0.1, 0.15) is 22.3 Å². The third-order valence-corrected chi connectivity index (χ3v) is 3.06. The summed E-state index contributed by atoms with van der Waals surface area (Å²) in [7, 11) is 0. The van der Waals surface area contributed by atoms with Gasteiger partial charge in [-0.25, -0.2) is 4.79 Å². The lowest BCUT2D eigenvalue weighted by molar-refractivity contribution is 0.0697. The van der Waals surface area contributed by atoms with Gasteiger partial charge >= 0.3 is 5.97 Å². The van der Waals surface area contributed by atoms with Crippen LogP contribution in [0.3, 0.4) is 0 Å². The normalized spacial score (nSPS) is 10.2. The lowest BCUT2D eigenvalue weighted by atomic mass is 10.2. The summed E-state index contributed by atoms with van der Waals surface area (Å²) in [4.78, 5) is 10.8. The molecule has 0 unspecified atom stereocenters. The monoisotopic (exact) mass is 301 g/mol. The van der Waals surface area contributed by atoms with Crippen molar-refractivity contribution in [3.63, 3.8) is 0 Å². The molecule has 0 bridgehead atoms. The van der Waals surface area contributed by atoms with Crippen LogP contribution >= 0.6 is 0 Å². The van der Waals surface area contributed by atoms with Crippen molar-refractivity contribution in [2.75, 3.05) is 18.9 Å². The Labute approximate surface area is 129 Å².